The summed E-state index contributed by atoms with van der Waals surface area (Å²) in [5.74, 6) is -0.565. The normalized spacial score (nSPS) is 17.3. The fourth-order valence-electron chi connectivity index (χ4n) is 2.30. The number of benzene rings is 1. The zero-order valence-electron chi connectivity index (χ0n) is 13.7. The largest absolute Gasteiger partial charge is 0.378 e. The van der Waals surface area contributed by atoms with Crippen LogP contribution in [0.15, 0.2) is 29.2 Å². The number of hydrogen-bond acceptors (Lipinski definition) is 5. The number of rotatable bonds is 5. The van der Waals surface area contributed by atoms with Crippen molar-refractivity contribution in [3.63, 3.8) is 0 Å². The Labute approximate surface area is 137 Å². The molecule has 0 radical (unpaired) electrons. The molecule has 1 amide bonds. The quantitative estimate of drug-likeness (QED) is 0.761. The summed E-state index contributed by atoms with van der Waals surface area (Å²) in [6.07, 6.45) is -1.03. The highest BCUT2D eigenvalue weighted by Crippen LogP contribution is 2.20. The third-order valence-corrected chi connectivity index (χ3v) is 5.02. The smallest absolute Gasteiger partial charge is 0.297 e. The molecule has 0 aromatic heterocycles. The average Bonchev–Trinajstić information content (AvgIpc) is 2.53. The number of nitrogens with zero attached hydrogens (tertiary/aromatic N) is 1. The second-order valence-electron chi connectivity index (χ2n) is 5.97. The molecule has 0 spiro atoms. The van der Waals surface area contributed by atoms with Gasteiger partial charge in [0.2, 0.25) is 0 Å². The highest BCUT2D eigenvalue weighted by molar-refractivity contribution is 7.86. The Bertz CT molecular complexity index is 633. The molecule has 7 heteroatoms. The van der Waals surface area contributed by atoms with Crippen molar-refractivity contribution in [2.45, 2.75) is 31.8 Å². The van der Waals surface area contributed by atoms with Gasteiger partial charge < -0.3 is 9.64 Å². The van der Waals surface area contributed by atoms with Gasteiger partial charge >= 0.3 is 0 Å². The molecular weight excluding hydrogens is 318 g/mol. The fraction of sp³-hybridized carbons (Fsp3) is 0.562. The van der Waals surface area contributed by atoms with Crippen molar-refractivity contribution in [3.05, 3.63) is 29.8 Å². The van der Waals surface area contributed by atoms with Gasteiger partial charge in [-0.3, -0.25) is 8.98 Å². The van der Waals surface area contributed by atoms with Crippen LogP contribution in [-0.2, 0) is 23.8 Å². The Morgan fingerprint density at radius 2 is 1.74 bits per heavy atom. The van der Waals surface area contributed by atoms with Gasteiger partial charge in [0.15, 0.2) is 6.10 Å². The highest BCUT2D eigenvalue weighted by atomic mass is 32.2. The lowest BCUT2D eigenvalue weighted by Crippen LogP contribution is -2.48. The van der Waals surface area contributed by atoms with E-state index in [2.05, 4.69) is 0 Å². The first-order valence-corrected chi connectivity index (χ1v) is 9.08. The number of hydrogen-bond donors (Lipinski definition) is 0. The van der Waals surface area contributed by atoms with Crippen molar-refractivity contribution >= 4 is 16.0 Å². The third-order valence-electron chi connectivity index (χ3n) is 3.71. The van der Waals surface area contributed by atoms with E-state index in [1.54, 1.807) is 30.9 Å². The summed E-state index contributed by atoms with van der Waals surface area (Å²) in [5.41, 5.74) is 0.953. The topological polar surface area (TPSA) is 72.9 Å². The van der Waals surface area contributed by atoms with E-state index in [0.29, 0.717) is 26.3 Å². The number of ether oxygens (including phenoxy) is 1. The van der Waals surface area contributed by atoms with Crippen molar-refractivity contribution in [1.29, 1.82) is 0 Å². The fourth-order valence-corrected chi connectivity index (χ4v) is 3.46. The van der Waals surface area contributed by atoms with E-state index < -0.39 is 16.2 Å². The lowest BCUT2D eigenvalue weighted by atomic mass is 10.1. The molecule has 1 fully saturated rings. The van der Waals surface area contributed by atoms with E-state index in [0.717, 1.165) is 5.56 Å². The molecule has 2 rings (SSSR count). The SMILES string of the molecule is Cc1ccc(S(=O)(=O)OC(C(=O)N2CCOCC2)C(C)C)cc1. The Balaban J connectivity index is 2.17. The van der Waals surface area contributed by atoms with Crippen LogP contribution in [0.2, 0.25) is 0 Å². The third kappa shape index (κ3) is 4.53. The van der Waals surface area contributed by atoms with E-state index in [4.69, 9.17) is 8.92 Å². The maximum atomic E-state index is 12.6. The van der Waals surface area contributed by atoms with E-state index in [1.165, 1.54) is 12.1 Å². The summed E-state index contributed by atoms with van der Waals surface area (Å²) in [7, 11) is -3.98. The van der Waals surface area contributed by atoms with Crippen molar-refractivity contribution in [2.75, 3.05) is 26.3 Å². The van der Waals surface area contributed by atoms with E-state index in [-0.39, 0.29) is 16.7 Å². The first-order valence-electron chi connectivity index (χ1n) is 7.68. The Hall–Kier alpha value is -1.44. The summed E-state index contributed by atoms with van der Waals surface area (Å²) >= 11 is 0. The van der Waals surface area contributed by atoms with Crippen LogP contribution in [0.4, 0.5) is 0 Å². The van der Waals surface area contributed by atoms with Crippen LogP contribution in [0.25, 0.3) is 0 Å². The molecule has 1 heterocycles. The summed E-state index contributed by atoms with van der Waals surface area (Å²) < 4.78 is 35.4. The minimum absolute atomic E-state index is 0.0588. The Morgan fingerprint density at radius 3 is 2.26 bits per heavy atom. The molecule has 0 bridgehead atoms. The van der Waals surface area contributed by atoms with E-state index in [1.807, 2.05) is 6.92 Å². The molecule has 1 aromatic carbocycles. The average molecular weight is 341 g/mol. The van der Waals surface area contributed by atoms with Crippen molar-refractivity contribution in [3.8, 4) is 0 Å². The number of amides is 1. The first kappa shape index (κ1) is 17.9. The number of aryl methyl sites for hydroxylation is 1. The van der Waals surface area contributed by atoms with Gasteiger partial charge in [0.1, 0.15) is 0 Å². The molecule has 128 valence electrons. The minimum atomic E-state index is -3.98. The molecule has 0 saturated carbocycles. The number of carbonyl (C=O) groups is 1. The predicted molar refractivity (Wildman–Crippen MR) is 85.5 cm³/mol. The number of carbonyl (C=O) groups excluding carboxylic acids is 1. The van der Waals surface area contributed by atoms with Crippen LogP contribution >= 0.6 is 0 Å². The molecule has 0 aliphatic carbocycles. The van der Waals surface area contributed by atoms with Gasteiger partial charge in [-0.2, -0.15) is 8.42 Å². The van der Waals surface area contributed by atoms with Gasteiger partial charge in [-0.25, -0.2) is 0 Å². The lowest BCUT2D eigenvalue weighted by Gasteiger charge is -2.31. The summed E-state index contributed by atoms with van der Waals surface area (Å²) in [4.78, 5) is 14.2. The summed E-state index contributed by atoms with van der Waals surface area (Å²) in [5, 5.41) is 0. The maximum absolute atomic E-state index is 12.6. The lowest BCUT2D eigenvalue weighted by molar-refractivity contribution is -0.144. The highest BCUT2D eigenvalue weighted by Gasteiger charge is 2.33. The molecule has 1 atom stereocenters. The molecule has 1 aliphatic heterocycles. The van der Waals surface area contributed by atoms with Gasteiger partial charge in [-0.1, -0.05) is 31.5 Å². The van der Waals surface area contributed by atoms with Crippen LogP contribution in [-0.4, -0.2) is 51.6 Å². The molecule has 0 N–H and O–H groups in total. The van der Waals surface area contributed by atoms with Gasteiger partial charge in [0.25, 0.3) is 16.0 Å². The first-order chi connectivity index (χ1) is 10.8. The predicted octanol–water partition coefficient (Wildman–Crippen LogP) is 1.58. The zero-order valence-corrected chi connectivity index (χ0v) is 14.5. The van der Waals surface area contributed by atoms with Crippen molar-refractivity contribution < 1.29 is 22.1 Å². The molecule has 1 aromatic rings. The molecule has 1 aliphatic rings. The van der Waals surface area contributed by atoms with Crippen molar-refractivity contribution in [1.82, 2.24) is 4.90 Å². The zero-order chi connectivity index (χ0) is 17.0. The summed E-state index contributed by atoms with van der Waals surface area (Å²) in [6.45, 7) is 7.24. The molecule has 6 nitrogen and oxygen atoms in total. The standard InChI is InChI=1S/C16H23NO5S/c1-12(2)15(16(18)17-8-10-21-11-9-17)22-23(19,20)14-6-4-13(3)5-7-14/h4-7,12,15H,8-11H2,1-3H3. The molecular formula is C16H23NO5S. The molecule has 23 heavy (non-hydrogen) atoms. The van der Waals surface area contributed by atoms with Crippen LogP contribution < -0.4 is 0 Å². The van der Waals surface area contributed by atoms with Gasteiger partial charge in [0.05, 0.1) is 18.1 Å². The van der Waals surface area contributed by atoms with Crippen LogP contribution in [0.5, 0.6) is 0 Å². The van der Waals surface area contributed by atoms with Gasteiger partial charge in [-0.15, -0.1) is 0 Å². The Morgan fingerprint density at radius 1 is 1.17 bits per heavy atom. The Kier molecular flexibility index (Phi) is 5.78. The van der Waals surface area contributed by atoms with Crippen molar-refractivity contribution in [2.24, 2.45) is 5.92 Å². The van der Waals surface area contributed by atoms with Gasteiger partial charge in [-0.05, 0) is 25.0 Å². The number of morpholine rings is 1. The minimum Gasteiger partial charge on any atom is -0.378 e. The van der Waals surface area contributed by atoms with E-state index in [9.17, 15) is 13.2 Å². The maximum Gasteiger partial charge on any atom is 0.297 e. The monoisotopic (exact) mass is 341 g/mol. The van der Waals surface area contributed by atoms with E-state index >= 15 is 0 Å². The summed E-state index contributed by atoms with van der Waals surface area (Å²) in [6, 6.07) is 6.37. The second-order valence-corrected chi connectivity index (χ2v) is 7.54. The van der Waals surface area contributed by atoms with Crippen LogP contribution in [0, 0.1) is 12.8 Å². The second kappa shape index (κ2) is 7.42. The molecule has 1 unspecified atom stereocenters. The van der Waals surface area contributed by atoms with Crippen LogP contribution in [0.3, 0.4) is 0 Å². The van der Waals surface area contributed by atoms with Gasteiger partial charge in [0, 0.05) is 13.1 Å². The molecule has 1 saturated heterocycles. The van der Waals surface area contributed by atoms with Crippen LogP contribution in [0.1, 0.15) is 19.4 Å².